The second kappa shape index (κ2) is 9.08. The number of aryl methyl sites for hydroxylation is 1. The Hall–Kier alpha value is -2.57. The molecule has 144 valence electrons. The van der Waals surface area contributed by atoms with E-state index in [1.165, 1.54) is 0 Å². The Labute approximate surface area is 172 Å². The summed E-state index contributed by atoms with van der Waals surface area (Å²) in [5, 5.41) is 3.04. The Kier molecular flexibility index (Phi) is 6.54. The van der Waals surface area contributed by atoms with Crippen LogP contribution in [0.1, 0.15) is 16.7 Å². The van der Waals surface area contributed by atoms with Crippen molar-refractivity contribution in [2.45, 2.75) is 13.3 Å². The first-order valence-electron chi connectivity index (χ1n) is 8.76. The van der Waals surface area contributed by atoms with Gasteiger partial charge in [0.05, 0.1) is 11.3 Å². The van der Waals surface area contributed by atoms with Gasteiger partial charge < -0.3 is 5.32 Å². The third-order valence-corrected chi connectivity index (χ3v) is 5.47. The van der Waals surface area contributed by atoms with Gasteiger partial charge in [0.15, 0.2) is 0 Å². The Morgan fingerprint density at radius 3 is 2.57 bits per heavy atom. The largest absolute Gasteiger partial charge is 0.354 e. The van der Waals surface area contributed by atoms with E-state index in [0.29, 0.717) is 9.93 Å². The summed E-state index contributed by atoms with van der Waals surface area (Å²) in [7, 11) is 0. The van der Waals surface area contributed by atoms with Crippen molar-refractivity contribution in [2.24, 2.45) is 0 Å². The number of carbonyl (C=O) groups is 3. The first kappa shape index (κ1) is 20.2. The van der Waals surface area contributed by atoms with E-state index < -0.39 is 0 Å². The first-order valence-corrected chi connectivity index (χ1v) is 9.95. The first-order chi connectivity index (χ1) is 13.4. The number of amides is 3. The predicted molar refractivity (Wildman–Crippen MR) is 112 cm³/mol. The van der Waals surface area contributed by atoms with Crippen LogP contribution in [0.2, 0.25) is 5.02 Å². The summed E-state index contributed by atoms with van der Waals surface area (Å²) in [5.74, 6) is -0.490. The normalized spacial score (nSPS) is 15.4. The van der Waals surface area contributed by atoms with Gasteiger partial charge in [0.2, 0.25) is 5.91 Å². The lowest BCUT2D eigenvalue weighted by molar-refractivity contribution is -0.124. The number of carbonyl (C=O) groups excluding carboxylic acids is 3. The Morgan fingerprint density at radius 2 is 1.86 bits per heavy atom. The minimum Gasteiger partial charge on any atom is -0.354 e. The molecule has 1 aliphatic heterocycles. The van der Waals surface area contributed by atoms with Gasteiger partial charge >= 0.3 is 0 Å². The molecule has 2 aromatic rings. The second-order valence-corrected chi connectivity index (χ2v) is 7.77. The molecule has 1 heterocycles. The predicted octanol–water partition coefficient (Wildman–Crippen LogP) is 4.04. The van der Waals surface area contributed by atoms with Crippen LogP contribution in [0.25, 0.3) is 6.08 Å². The molecular formula is C21H19ClN2O3S. The fourth-order valence-corrected chi connectivity index (χ4v) is 3.75. The molecule has 1 N–H and O–H groups in total. The van der Waals surface area contributed by atoms with Crippen molar-refractivity contribution in [3.63, 3.8) is 0 Å². The minimum absolute atomic E-state index is 0.141. The molecule has 7 heteroatoms. The van der Waals surface area contributed by atoms with Crippen molar-refractivity contribution in [3.05, 3.63) is 75.1 Å². The maximum Gasteiger partial charge on any atom is 0.293 e. The van der Waals surface area contributed by atoms with Crippen molar-refractivity contribution in [3.8, 4) is 0 Å². The van der Waals surface area contributed by atoms with Crippen molar-refractivity contribution < 1.29 is 14.4 Å². The molecular weight excluding hydrogens is 396 g/mol. The summed E-state index contributed by atoms with van der Waals surface area (Å²) in [6.07, 6.45) is 1.93. The molecule has 2 aromatic carbocycles. The van der Waals surface area contributed by atoms with Gasteiger partial charge in [-0.15, -0.1) is 0 Å². The molecule has 0 bridgehead atoms. The van der Waals surface area contributed by atoms with Gasteiger partial charge in [-0.1, -0.05) is 48.0 Å². The van der Waals surface area contributed by atoms with E-state index in [1.54, 1.807) is 30.3 Å². The number of benzene rings is 2. The van der Waals surface area contributed by atoms with Crippen LogP contribution in [-0.4, -0.2) is 35.0 Å². The molecule has 1 fully saturated rings. The quantitative estimate of drug-likeness (QED) is 0.724. The van der Waals surface area contributed by atoms with E-state index in [-0.39, 0.29) is 36.6 Å². The van der Waals surface area contributed by atoms with Crippen LogP contribution in [0.15, 0.2) is 53.4 Å². The average molecular weight is 415 g/mol. The number of thioether (sulfide) groups is 1. The molecule has 3 rings (SSSR count). The maximum atomic E-state index is 12.5. The molecule has 0 radical (unpaired) electrons. The monoisotopic (exact) mass is 414 g/mol. The molecule has 0 spiro atoms. The Morgan fingerprint density at radius 1 is 1.14 bits per heavy atom. The maximum absolute atomic E-state index is 12.5. The highest BCUT2D eigenvalue weighted by molar-refractivity contribution is 8.18. The molecule has 1 saturated heterocycles. The number of nitrogens with zero attached hydrogens (tertiary/aromatic N) is 1. The van der Waals surface area contributed by atoms with Crippen molar-refractivity contribution >= 4 is 46.5 Å². The van der Waals surface area contributed by atoms with Crippen molar-refractivity contribution in [2.75, 3.05) is 13.1 Å². The van der Waals surface area contributed by atoms with Gasteiger partial charge in [0, 0.05) is 18.1 Å². The van der Waals surface area contributed by atoms with Gasteiger partial charge in [-0.3, -0.25) is 19.3 Å². The highest BCUT2D eigenvalue weighted by atomic mass is 35.5. The van der Waals surface area contributed by atoms with Crippen LogP contribution in [0.3, 0.4) is 0 Å². The van der Waals surface area contributed by atoms with E-state index in [9.17, 15) is 14.4 Å². The van der Waals surface area contributed by atoms with Crippen LogP contribution in [0.5, 0.6) is 0 Å². The van der Waals surface area contributed by atoms with Crippen LogP contribution >= 0.6 is 23.4 Å². The van der Waals surface area contributed by atoms with E-state index in [0.717, 1.165) is 33.4 Å². The molecule has 0 unspecified atom stereocenters. The number of hydrogen-bond acceptors (Lipinski definition) is 4. The number of hydrogen-bond donors (Lipinski definition) is 1. The zero-order valence-electron chi connectivity index (χ0n) is 15.3. The van der Waals surface area contributed by atoms with Gasteiger partial charge in [0.1, 0.15) is 0 Å². The smallest absolute Gasteiger partial charge is 0.293 e. The summed E-state index contributed by atoms with van der Waals surface area (Å²) in [6, 6.07) is 14.7. The fourth-order valence-electron chi connectivity index (χ4n) is 2.75. The summed E-state index contributed by atoms with van der Waals surface area (Å²) >= 11 is 6.75. The average Bonchev–Trinajstić information content (AvgIpc) is 2.93. The zero-order valence-corrected chi connectivity index (χ0v) is 16.8. The van der Waals surface area contributed by atoms with Crippen LogP contribution in [-0.2, 0) is 16.0 Å². The fraction of sp³-hybridized carbons (Fsp3) is 0.190. The number of imide groups is 1. The van der Waals surface area contributed by atoms with Crippen molar-refractivity contribution in [1.82, 2.24) is 10.2 Å². The van der Waals surface area contributed by atoms with Gasteiger partial charge in [-0.2, -0.15) is 0 Å². The van der Waals surface area contributed by atoms with E-state index >= 15 is 0 Å². The van der Waals surface area contributed by atoms with Crippen LogP contribution in [0, 0.1) is 6.92 Å². The third-order valence-electron chi connectivity index (χ3n) is 4.31. The van der Waals surface area contributed by atoms with Crippen molar-refractivity contribution in [1.29, 1.82) is 0 Å². The van der Waals surface area contributed by atoms with Gasteiger partial charge in [-0.05, 0) is 53.6 Å². The topological polar surface area (TPSA) is 66.5 Å². The van der Waals surface area contributed by atoms with Gasteiger partial charge in [0.25, 0.3) is 11.1 Å². The lowest BCUT2D eigenvalue weighted by atomic mass is 10.1. The molecule has 1 aliphatic rings. The SMILES string of the molecule is Cc1ccccc1CC(=O)NCCN1C(=O)S/C(=C/c2ccc(Cl)cc2)C1=O. The highest BCUT2D eigenvalue weighted by Crippen LogP contribution is 2.32. The Bertz CT molecular complexity index is 941. The summed E-state index contributed by atoms with van der Waals surface area (Å²) < 4.78 is 0. The summed E-state index contributed by atoms with van der Waals surface area (Å²) in [4.78, 5) is 38.2. The molecule has 0 atom stereocenters. The molecule has 28 heavy (non-hydrogen) atoms. The molecule has 0 saturated carbocycles. The number of nitrogens with one attached hydrogen (secondary N) is 1. The zero-order chi connectivity index (χ0) is 20.1. The summed E-state index contributed by atoms with van der Waals surface area (Å²) in [6.45, 7) is 2.31. The standard InChI is InChI=1S/C21H19ClN2O3S/c1-14-4-2-3-5-16(14)13-19(25)23-10-11-24-20(26)18(28-21(24)27)12-15-6-8-17(22)9-7-15/h2-9,12H,10-11,13H2,1H3,(H,23,25)/b18-12+. The van der Waals surface area contributed by atoms with Crippen LogP contribution < -0.4 is 5.32 Å². The molecule has 0 aromatic heterocycles. The summed E-state index contributed by atoms with van der Waals surface area (Å²) in [5.41, 5.74) is 2.80. The van der Waals surface area contributed by atoms with Crippen LogP contribution in [0.4, 0.5) is 4.79 Å². The van der Waals surface area contributed by atoms with Gasteiger partial charge in [-0.25, -0.2) is 0 Å². The molecule has 5 nitrogen and oxygen atoms in total. The van der Waals surface area contributed by atoms with E-state index in [4.69, 9.17) is 11.6 Å². The number of rotatable bonds is 6. The lowest BCUT2D eigenvalue weighted by Gasteiger charge is -2.13. The Balaban J connectivity index is 1.54. The second-order valence-electron chi connectivity index (χ2n) is 6.34. The lowest BCUT2D eigenvalue weighted by Crippen LogP contribution is -2.37. The molecule has 0 aliphatic carbocycles. The molecule has 3 amide bonds. The highest BCUT2D eigenvalue weighted by Gasteiger charge is 2.34. The minimum atomic E-state index is -0.349. The third kappa shape index (κ3) is 5.03. The van der Waals surface area contributed by atoms with E-state index in [1.807, 2.05) is 31.2 Å². The number of halogens is 1. The van der Waals surface area contributed by atoms with E-state index in [2.05, 4.69) is 5.32 Å².